The second-order valence-electron chi connectivity index (χ2n) is 8.98. The topological polar surface area (TPSA) is 130 Å². The standard InChI is InChI=1S/C26H30N4O5S2/c1-3-6-22-28-24(36-2)23(25(31)32)30(22)16-18-11-13-19(14-12-18)20-7-4-5-8-21(20)37(34,35)29-26(33)27-15-17-9-10-17/h4-5,7-8,11-14,17H,3,6,9-10,15-16H2,1-2H3,(H,31,32)(H2,27,29,33). The van der Waals surface area contributed by atoms with Crippen molar-refractivity contribution in [1.82, 2.24) is 19.6 Å². The quantitative estimate of drug-likeness (QED) is 0.307. The Morgan fingerprint density at radius 3 is 2.46 bits per heavy atom. The molecule has 1 saturated carbocycles. The number of nitrogens with one attached hydrogen (secondary N) is 2. The molecular weight excluding hydrogens is 512 g/mol. The molecule has 1 aliphatic rings. The smallest absolute Gasteiger partial charge is 0.355 e. The summed E-state index contributed by atoms with van der Waals surface area (Å²) in [4.78, 5) is 28.6. The molecule has 4 rings (SSSR count). The second kappa shape index (κ2) is 11.4. The van der Waals surface area contributed by atoms with Crippen molar-refractivity contribution in [3.8, 4) is 11.1 Å². The molecule has 0 radical (unpaired) electrons. The Bertz CT molecular complexity index is 1400. The van der Waals surface area contributed by atoms with Crippen LogP contribution in [-0.4, -0.2) is 47.9 Å². The fourth-order valence-corrected chi connectivity index (χ4v) is 5.84. The molecule has 2 aromatic carbocycles. The van der Waals surface area contributed by atoms with E-state index in [0.717, 1.165) is 30.7 Å². The summed E-state index contributed by atoms with van der Waals surface area (Å²) in [6.45, 7) is 2.81. The number of carboxylic acids is 1. The van der Waals surface area contributed by atoms with Crippen LogP contribution < -0.4 is 10.0 Å². The summed E-state index contributed by atoms with van der Waals surface area (Å²) in [6.07, 6.45) is 5.39. The van der Waals surface area contributed by atoms with Gasteiger partial charge in [-0.3, -0.25) is 0 Å². The Labute approximate surface area is 220 Å². The van der Waals surface area contributed by atoms with Gasteiger partial charge >= 0.3 is 12.0 Å². The van der Waals surface area contributed by atoms with Gasteiger partial charge in [0.1, 0.15) is 10.9 Å². The van der Waals surface area contributed by atoms with Gasteiger partial charge < -0.3 is 15.0 Å². The van der Waals surface area contributed by atoms with Crippen LogP contribution in [0.5, 0.6) is 0 Å². The van der Waals surface area contributed by atoms with Crippen LogP contribution in [0.25, 0.3) is 11.1 Å². The third-order valence-electron chi connectivity index (χ3n) is 6.14. The number of sulfonamides is 1. The molecule has 3 aromatic rings. The maximum atomic E-state index is 13.0. The van der Waals surface area contributed by atoms with E-state index >= 15 is 0 Å². The lowest BCUT2D eigenvalue weighted by Gasteiger charge is -2.14. The number of aromatic nitrogens is 2. The van der Waals surface area contributed by atoms with E-state index in [2.05, 4.69) is 15.0 Å². The molecule has 1 heterocycles. The van der Waals surface area contributed by atoms with E-state index in [9.17, 15) is 23.1 Å². The molecule has 37 heavy (non-hydrogen) atoms. The van der Waals surface area contributed by atoms with Crippen molar-refractivity contribution in [1.29, 1.82) is 0 Å². The Kier molecular flexibility index (Phi) is 8.23. The van der Waals surface area contributed by atoms with Crippen molar-refractivity contribution in [2.45, 2.75) is 49.1 Å². The molecule has 196 valence electrons. The summed E-state index contributed by atoms with van der Waals surface area (Å²) in [6, 6.07) is 13.0. The first kappa shape index (κ1) is 26.7. The number of urea groups is 1. The fraction of sp³-hybridized carbons (Fsp3) is 0.346. The van der Waals surface area contributed by atoms with Crippen molar-refractivity contribution >= 4 is 33.8 Å². The summed E-state index contributed by atoms with van der Waals surface area (Å²) in [7, 11) is -4.09. The zero-order valence-electron chi connectivity index (χ0n) is 20.7. The summed E-state index contributed by atoms with van der Waals surface area (Å²) in [5, 5.41) is 12.9. The molecule has 1 aromatic heterocycles. The van der Waals surface area contributed by atoms with Gasteiger partial charge in [-0.1, -0.05) is 49.4 Å². The van der Waals surface area contributed by atoms with E-state index in [0.29, 0.717) is 41.6 Å². The predicted octanol–water partition coefficient (Wildman–Crippen LogP) is 4.37. The molecule has 1 fully saturated rings. The van der Waals surface area contributed by atoms with Crippen LogP contribution in [0.1, 0.15) is 48.1 Å². The fourth-order valence-electron chi connectivity index (χ4n) is 4.09. The average molecular weight is 543 g/mol. The van der Waals surface area contributed by atoms with Crippen LogP contribution in [0.4, 0.5) is 4.79 Å². The predicted molar refractivity (Wildman–Crippen MR) is 142 cm³/mol. The van der Waals surface area contributed by atoms with Crippen LogP contribution in [0.2, 0.25) is 0 Å². The summed E-state index contributed by atoms with van der Waals surface area (Å²) >= 11 is 1.31. The highest BCUT2D eigenvalue weighted by Gasteiger charge is 2.25. The minimum Gasteiger partial charge on any atom is -0.476 e. The molecule has 2 amide bonds. The summed E-state index contributed by atoms with van der Waals surface area (Å²) < 4.78 is 29.8. The molecule has 3 N–H and O–H groups in total. The number of carbonyl (C=O) groups excluding carboxylic acids is 1. The number of aromatic carboxylic acids is 1. The van der Waals surface area contributed by atoms with Gasteiger partial charge in [-0.05, 0) is 48.6 Å². The number of hydrogen-bond acceptors (Lipinski definition) is 6. The first-order chi connectivity index (χ1) is 17.7. The molecule has 9 nitrogen and oxygen atoms in total. The molecule has 0 atom stereocenters. The number of imidazole rings is 1. The maximum Gasteiger partial charge on any atom is 0.355 e. The number of thioether (sulfide) groups is 1. The molecular formula is C26H30N4O5S2. The minimum absolute atomic E-state index is 0.00180. The minimum atomic E-state index is -4.09. The molecule has 11 heteroatoms. The van der Waals surface area contributed by atoms with Gasteiger partial charge in [-0.2, -0.15) is 0 Å². The molecule has 0 spiro atoms. The first-order valence-electron chi connectivity index (χ1n) is 12.1. The van der Waals surface area contributed by atoms with E-state index in [1.165, 1.54) is 17.8 Å². The third kappa shape index (κ3) is 6.34. The van der Waals surface area contributed by atoms with Gasteiger partial charge in [-0.15, -0.1) is 11.8 Å². The van der Waals surface area contributed by atoms with Crippen molar-refractivity contribution in [2.24, 2.45) is 5.92 Å². The number of carboxylic acid groups (broad SMARTS) is 1. The van der Waals surface area contributed by atoms with E-state index in [4.69, 9.17) is 0 Å². The Morgan fingerprint density at radius 1 is 1.14 bits per heavy atom. The highest BCUT2D eigenvalue weighted by atomic mass is 32.2. The van der Waals surface area contributed by atoms with Crippen LogP contribution in [-0.2, 0) is 23.0 Å². The highest BCUT2D eigenvalue weighted by molar-refractivity contribution is 7.98. The Hall–Kier alpha value is -3.31. The lowest BCUT2D eigenvalue weighted by Crippen LogP contribution is -2.40. The van der Waals surface area contributed by atoms with Gasteiger partial charge in [-0.25, -0.2) is 27.7 Å². The summed E-state index contributed by atoms with van der Waals surface area (Å²) in [5.41, 5.74) is 2.14. The van der Waals surface area contributed by atoms with Crippen LogP contribution >= 0.6 is 11.8 Å². The molecule has 0 aliphatic heterocycles. The summed E-state index contributed by atoms with van der Waals surface area (Å²) in [5.74, 6) is 0.123. The van der Waals surface area contributed by atoms with E-state index in [1.807, 2.05) is 19.1 Å². The van der Waals surface area contributed by atoms with Gasteiger partial charge in [0.2, 0.25) is 0 Å². The van der Waals surface area contributed by atoms with Crippen LogP contribution in [0.3, 0.4) is 0 Å². The second-order valence-corrected chi connectivity index (χ2v) is 11.4. The third-order valence-corrected chi connectivity index (χ3v) is 8.20. The van der Waals surface area contributed by atoms with E-state index in [1.54, 1.807) is 41.2 Å². The van der Waals surface area contributed by atoms with E-state index < -0.39 is 22.0 Å². The van der Waals surface area contributed by atoms with Crippen LogP contribution in [0, 0.1) is 5.92 Å². The molecule has 1 aliphatic carbocycles. The van der Waals surface area contributed by atoms with E-state index in [-0.39, 0.29) is 10.6 Å². The molecule has 0 saturated heterocycles. The largest absolute Gasteiger partial charge is 0.476 e. The lowest BCUT2D eigenvalue weighted by molar-refractivity contribution is 0.0681. The number of hydrogen-bond donors (Lipinski definition) is 3. The number of nitrogens with zero attached hydrogens (tertiary/aromatic N) is 2. The van der Waals surface area contributed by atoms with Crippen LogP contribution in [0.15, 0.2) is 58.5 Å². The Balaban J connectivity index is 1.58. The van der Waals surface area contributed by atoms with Crippen molar-refractivity contribution in [3.05, 3.63) is 65.6 Å². The Morgan fingerprint density at radius 2 is 1.84 bits per heavy atom. The van der Waals surface area contributed by atoms with Crippen molar-refractivity contribution in [2.75, 3.05) is 12.8 Å². The zero-order chi connectivity index (χ0) is 26.6. The van der Waals surface area contributed by atoms with Crippen molar-refractivity contribution < 1.29 is 23.1 Å². The first-order valence-corrected chi connectivity index (χ1v) is 14.8. The highest BCUT2D eigenvalue weighted by Crippen LogP contribution is 2.29. The van der Waals surface area contributed by atoms with Gasteiger partial charge in [0.05, 0.1) is 4.90 Å². The number of rotatable bonds is 11. The zero-order valence-corrected chi connectivity index (χ0v) is 22.4. The molecule has 0 bridgehead atoms. The number of aryl methyl sites for hydroxylation is 1. The SMILES string of the molecule is CCCc1nc(SC)c(C(=O)O)n1Cc1ccc(-c2ccccc2S(=O)(=O)NC(=O)NCC2CC2)cc1. The maximum absolute atomic E-state index is 13.0. The van der Waals surface area contributed by atoms with Gasteiger partial charge in [0.15, 0.2) is 5.69 Å². The molecule has 0 unspecified atom stereocenters. The number of benzene rings is 2. The number of amides is 2. The van der Waals surface area contributed by atoms with Gasteiger partial charge in [0, 0.05) is 25.1 Å². The monoisotopic (exact) mass is 542 g/mol. The van der Waals surface area contributed by atoms with Gasteiger partial charge in [0.25, 0.3) is 10.0 Å². The average Bonchev–Trinajstić information content (AvgIpc) is 3.64. The van der Waals surface area contributed by atoms with Crippen molar-refractivity contribution in [3.63, 3.8) is 0 Å². The normalized spacial score (nSPS) is 13.4. The number of carbonyl (C=O) groups is 2. The lowest BCUT2D eigenvalue weighted by atomic mass is 10.0.